The lowest BCUT2D eigenvalue weighted by Gasteiger charge is -2.18. The fourth-order valence-corrected chi connectivity index (χ4v) is 2.25. The van der Waals surface area contributed by atoms with Crippen molar-refractivity contribution in [3.05, 3.63) is 9.98 Å². The molecule has 13 heavy (non-hydrogen) atoms. The summed E-state index contributed by atoms with van der Waals surface area (Å²) in [6.45, 7) is 6.66. The van der Waals surface area contributed by atoms with Gasteiger partial charge in [0.25, 0.3) is 0 Å². The maximum atomic E-state index is 4.29. The number of rotatable bonds is 4. The Labute approximate surface area is 91.9 Å². The van der Waals surface area contributed by atoms with Crippen molar-refractivity contribution in [2.45, 2.75) is 33.2 Å². The highest BCUT2D eigenvalue weighted by atomic mass is 79.9. The molecule has 0 amide bonds. The summed E-state index contributed by atoms with van der Waals surface area (Å²) in [4.78, 5) is 4.29. The van der Waals surface area contributed by atoms with Crippen molar-refractivity contribution >= 4 is 32.4 Å². The average Bonchev–Trinajstić information content (AvgIpc) is 2.49. The molecule has 2 unspecified atom stereocenters. The number of nitrogens with zero attached hydrogens (tertiary/aromatic N) is 1. The molecule has 2 atom stereocenters. The lowest BCUT2D eigenvalue weighted by atomic mass is 10.0. The van der Waals surface area contributed by atoms with Gasteiger partial charge in [-0.15, -0.1) is 11.3 Å². The number of hydrogen-bond acceptors (Lipinski definition) is 3. The van der Waals surface area contributed by atoms with Gasteiger partial charge in [0.05, 0.1) is 0 Å². The molecule has 1 rings (SSSR count). The summed E-state index contributed by atoms with van der Waals surface area (Å²) in [5.41, 5.74) is 0. The number of halogens is 1. The molecule has 0 bridgehead atoms. The van der Waals surface area contributed by atoms with Crippen molar-refractivity contribution in [3.8, 4) is 0 Å². The molecule has 0 aromatic carbocycles. The molecule has 0 aliphatic rings. The summed E-state index contributed by atoms with van der Waals surface area (Å²) in [7, 11) is 0. The lowest BCUT2D eigenvalue weighted by molar-refractivity contribution is 0.494. The minimum Gasteiger partial charge on any atom is -0.359 e. The van der Waals surface area contributed by atoms with Crippen LogP contribution >= 0.6 is 27.3 Å². The van der Waals surface area contributed by atoms with Gasteiger partial charge in [-0.25, -0.2) is 4.98 Å². The van der Waals surface area contributed by atoms with E-state index in [2.05, 4.69) is 47.0 Å². The first-order chi connectivity index (χ1) is 6.13. The van der Waals surface area contributed by atoms with Gasteiger partial charge in [-0.2, -0.15) is 0 Å². The summed E-state index contributed by atoms with van der Waals surface area (Å²) in [5.74, 6) is 0.683. The largest absolute Gasteiger partial charge is 0.359 e. The molecule has 4 heteroatoms. The van der Waals surface area contributed by atoms with Crippen LogP contribution in [-0.2, 0) is 0 Å². The smallest absolute Gasteiger partial charge is 0.183 e. The van der Waals surface area contributed by atoms with E-state index in [1.165, 1.54) is 6.42 Å². The van der Waals surface area contributed by atoms with Gasteiger partial charge in [-0.1, -0.05) is 20.3 Å². The molecule has 0 aliphatic carbocycles. The van der Waals surface area contributed by atoms with Crippen molar-refractivity contribution in [2.75, 3.05) is 5.32 Å². The molecule has 1 heterocycles. The summed E-state index contributed by atoms with van der Waals surface area (Å²) in [5, 5.41) is 6.38. The van der Waals surface area contributed by atoms with Crippen LogP contribution in [0.25, 0.3) is 0 Å². The van der Waals surface area contributed by atoms with Gasteiger partial charge in [-0.3, -0.25) is 0 Å². The van der Waals surface area contributed by atoms with Gasteiger partial charge >= 0.3 is 0 Å². The van der Waals surface area contributed by atoms with Crippen LogP contribution in [0.3, 0.4) is 0 Å². The fourth-order valence-electron chi connectivity index (χ4n) is 1.01. The quantitative estimate of drug-likeness (QED) is 0.894. The maximum Gasteiger partial charge on any atom is 0.183 e. The van der Waals surface area contributed by atoms with Crippen molar-refractivity contribution in [2.24, 2.45) is 5.92 Å². The number of aromatic nitrogens is 1. The van der Waals surface area contributed by atoms with Crippen molar-refractivity contribution in [1.82, 2.24) is 4.98 Å². The minimum absolute atomic E-state index is 0.489. The van der Waals surface area contributed by atoms with Crippen LogP contribution in [0.1, 0.15) is 27.2 Å². The normalized spacial score (nSPS) is 15.4. The number of thiazole rings is 1. The van der Waals surface area contributed by atoms with Crippen LogP contribution in [0.2, 0.25) is 0 Å². The van der Waals surface area contributed by atoms with Gasteiger partial charge in [-0.05, 0) is 28.8 Å². The van der Waals surface area contributed by atoms with E-state index in [1.807, 2.05) is 5.38 Å². The van der Waals surface area contributed by atoms with Crippen LogP contribution in [-0.4, -0.2) is 11.0 Å². The van der Waals surface area contributed by atoms with E-state index in [0.29, 0.717) is 12.0 Å². The predicted molar refractivity (Wildman–Crippen MR) is 62.4 cm³/mol. The monoisotopic (exact) mass is 262 g/mol. The Bertz CT molecular complexity index is 262. The highest BCUT2D eigenvalue weighted by Crippen LogP contribution is 2.21. The number of hydrogen-bond donors (Lipinski definition) is 1. The molecule has 0 aliphatic heterocycles. The first-order valence-electron chi connectivity index (χ1n) is 4.51. The van der Waals surface area contributed by atoms with Crippen LogP contribution in [0.4, 0.5) is 5.13 Å². The molecule has 0 saturated heterocycles. The highest BCUT2D eigenvalue weighted by Gasteiger charge is 2.10. The first-order valence-corrected chi connectivity index (χ1v) is 6.18. The molecule has 1 aromatic rings. The predicted octanol–water partition coefficient (Wildman–Crippen LogP) is 3.75. The van der Waals surface area contributed by atoms with E-state index < -0.39 is 0 Å². The topological polar surface area (TPSA) is 24.9 Å². The third kappa shape index (κ3) is 3.27. The molecular weight excluding hydrogens is 248 g/mol. The summed E-state index contributed by atoms with van der Waals surface area (Å²) < 4.78 is 0.913. The minimum atomic E-state index is 0.489. The van der Waals surface area contributed by atoms with Gasteiger partial charge in [0, 0.05) is 11.4 Å². The second-order valence-electron chi connectivity index (χ2n) is 3.29. The van der Waals surface area contributed by atoms with Crippen molar-refractivity contribution in [3.63, 3.8) is 0 Å². The van der Waals surface area contributed by atoms with Gasteiger partial charge in [0.2, 0.25) is 0 Å². The van der Waals surface area contributed by atoms with E-state index >= 15 is 0 Å². The van der Waals surface area contributed by atoms with Crippen molar-refractivity contribution < 1.29 is 0 Å². The first kappa shape index (κ1) is 11.0. The van der Waals surface area contributed by atoms with E-state index in [9.17, 15) is 0 Å². The Morgan fingerprint density at radius 1 is 1.62 bits per heavy atom. The zero-order valence-electron chi connectivity index (χ0n) is 8.17. The van der Waals surface area contributed by atoms with E-state index in [-0.39, 0.29) is 0 Å². The Morgan fingerprint density at radius 3 is 2.77 bits per heavy atom. The van der Waals surface area contributed by atoms with Crippen molar-refractivity contribution in [1.29, 1.82) is 0 Å². The molecule has 0 saturated carbocycles. The van der Waals surface area contributed by atoms with E-state index in [0.717, 1.165) is 9.73 Å². The molecule has 74 valence electrons. The molecule has 0 radical (unpaired) electrons. The van der Waals surface area contributed by atoms with Gasteiger partial charge in [0.1, 0.15) is 4.60 Å². The summed E-state index contributed by atoms with van der Waals surface area (Å²) in [6, 6.07) is 0.489. The third-order valence-corrected chi connectivity index (χ3v) is 3.81. The van der Waals surface area contributed by atoms with Gasteiger partial charge in [0.15, 0.2) is 5.13 Å². The van der Waals surface area contributed by atoms with Crippen LogP contribution in [0.15, 0.2) is 9.98 Å². The second-order valence-corrected chi connectivity index (χ2v) is 4.96. The van der Waals surface area contributed by atoms with Gasteiger partial charge < -0.3 is 5.32 Å². The Morgan fingerprint density at radius 2 is 2.31 bits per heavy atom. The maximum absolute atomic E-state index is 4.29. The molecule has 1 aromatic heterocycles. The standard InChI is InChI=1S/C9H15BrN2S/c1-4-6(2)7(3)11-9-12-8(10)5-13-9/h5-7H,4H2,1-3H3,(H,11,12). The second kappa shape index (κ2) is 4.96. The summed E-state index contributed by atoms with van der Waals surface area (Å²) in [6.07, 6.45) is 1.20. The third-order valence-electron chi connectivity index (χ3n) is 2.32. The Balaban J connectivity index is 2.49. The Kier molecular flexibility index (Phi) is 4.19. The van der Waals surface area contributed by atoms with Crippen LogP contribution < -0.4 is 5.32 Å². The number of anilines is 1. The fraction of sp³-hybridized carbons (Fsp3) is 0.667. The number of nitrogens with one attached hydrogen (secondary N) is 1. The van der Waals surface area contributed by atoms with E-state index in [4.69, 9.17) is 0 Å². The Hall–Kier alpha value is -0.0900. The zero-order valence-corrected chi connectivity index (χ0v) is 10.6. The molecule has 1 N–H and O–H groups in total. The molecule has 0 fully saturated rings. The highest BCUT2D eigenvalue weighted by molar-refractivity contribution is 9.10. The zero-order chi connectivity index (χ0) is 9.84. The molecular formula is C9H15BrN2S. The lowest BCUT2D eigenvalue weighted by Crippen LogP contribution is -2.22. The SMILES string of the molecule is CCC(C)C(C)Nc1nc(Br)cs1. The van der Waals surface area contributed by atoms with Crippen LogP contribution in [0, 0.1) is 5.92 Å². The summed E-state index contributed by atoms with van der Waals surface area (Å²) >= 11 is 4.97. The van der Waals surface area contributed by atoms with Crippen LogP contribution in [0.5, 0.6) is 0 Å². The average molecular weight is 263 g/mol. The molecule has 0 spiro atoms. The molecule has 2 nitrogen and oxygen atoms in total. The van der Waals surface area contributed by atoms with E-state index in [1.54, 1.807) is 11.3 Å².